The van der Waals surface area contributed by atoms with Crippen LogP contribution in [0.3, 0.4) is 0 Å². The van der Waals surface area contributed by atoms with Crippen LogP contribution in [0.15, 0.2) is 16.4 Å². The summed E-state index contributed by atoms with van der Waals surface area (Å²) in [5, 5.41) is 1.79. The molecular weight excluding hydrogens is 286 g/mol. The van der Waals surface area contributed by atoms with Gasteiger partial charge in [-0.1, -0.05) is 13.5 Å². The molecule has 0 spiro atoms. The highest BCUT2D eigenvalue weighted by atomic mass is 16.1. The Kier molecular flexibility index (Phi) is 4.86. The highest BCUT2D eigenvalue weighted by molar-refractivity contribution is 6.56. The second kappa shape index (κ2) is 6.51. The molecule has 2 rings (SSSR count). The first kappa shape index (κ1) is 17.2. The largest absolute Gasteiger partial charge is 0.342 e. The maximum absolute atomic E-state index is 13.0. The summed E-state index contributed by atoms with van der Waals surface area (Å²) in [7, 11) is 1.78. The second-order valence-corrected chi connectivity index (χ2v) is 5.89. The lowest BCUT2D eigenvalue weighted by Gasteiger charge is -2.09. The normalized spacial score (nSPS) is 17.5. The number of rotatable bonds is 3. The number of aliphatic imine (C=N–C) groups is 1. The predicted molar refractivity (Wildman–Crippen MR) is 97.3 cm³/mol. The van der Waals surface area contributed by atoms with Crippen molar-refractivity contribution in [3.8, 4) is 0 Å². The van der Waals surface area contributed by atoms with Gasteiger partial charge in [0.1, 0.15) is 0 Å². The maximum atomic E-state index is 13.0. The monoisotopic (exact) mass is 312 g/mol. The van der Waals surface area contributed by atoms with Gasteiger partial charge in [-0.25, -0.2) is 4.79 Å². The summed E-state index contributed by atoms with van der Waals surface area (Å²) in [6.45, 7) is 15.7. The average molecular weight is 312 g/mol. The molecule has 122 valence electrons. The first-order valence-electron chi connectivity index (χ1n) is 8.17. The van der Waals surface area contributed by atoms with E-state index in [0.29, 0.717) is 0 Å². The van der Waals surface area contributed by atoms with Crippen LogP contribution in [0.4, 0.5) is 0 Å². The number of fused-ring (bicyclic) bond motifs is 1. The van der Waals surface area contributed by atoms with Gasteiger partial charge in [-0.15, -0.1) is 5.73 Å². The van der Waals surface area contributed by atoms with Gasteiger partial charge in [-0.3, -0.25) is 9.57 Å². The Morgan fingerprint density at radius 3 is 2.35 bits per heavy atom. The zero-order chi connectivity index (χ0) is 17.3. The number of pyridine rings is 1. The van der Waals surface area contributed by atoms with Gasteiger partial charge in [0, 0.05) is 18.2 Å². The number of hydrogen-bond acceptors (Lipinski definition) is 2. The molecule has 0 aliphatic carbocycles. The molecular formula is C19H26N3O+. The molecule has 0 unspecified atom stereocenters. The lowest BCUT2D eigenvalue weighted by Crippen LogP contribution is -2.48. The third-order valence-corrected chi connectivity index (χ3v) is 4.63. The van der Waals surface area contributed by atoms with Crippen molar-refractivity contribution in [2.24, 2.45) is 4.99 Å². The zero-order valence-corrected chi connectivity index (χ0v) is 15.1. The van der Waals surface area contributed by atoms with Crippen molar-refractivity contribution >= 4 is 22.9 Å². The molecule has 0 N–H and O–H groups in total. The molecule has 1 aromatic heterocycles. The minimum atomic E-state index is 0.0269. The number of nitrogens with zero attached hydrogens (tertiary/aromatic N) is 3. The van der Waals surface area contributed by atoms with E-state index in [1.54, 1.807) is 7.05 Å². The molecule has 0 atom stereocenters. The second-order valence-electron chi connectivity index (χ2n) is 5.89. The summed E-state index contributed by atoms with van der Waals surface area (Å²) >= 11 is 0. The summed E-state index contributed by atoms with van der Waals surface area (Å²) in [5.41, 5.74) is 6.66. The first-order chi connectivity index (χ1) is 10.9. The summed E-state index contributed by atoms with van der Waals surface area (Å²) in [6, 6.07) is 0. The van der Waals surface area contributed by atoms with Crippen LogP contribution in [0.1, 0.15) is 38.3 Å². The third-order valence-electron chi connectivity index (χ3n) is 4.63. The van der Waals surface area contributed by atoms with E-state index >= 15 is 0 Å². The van der Waals surface area contributed by atoms with Crippen LogP contribution in [-0.4, -0.2) is 40.8 Å². The topological polar surface area (TPSA) is 37.4 Å². The molecule has 1 aliphatic heterocycles. The fourth-order valence-corrected chi connectivity index (χ4v) is 3.31. The molecule has 0 amide bonds. The Hall–Kier alpha value is -2.19. The molecule has 1 aliphatic rings. The third kappa shape index (κ3) is 2.43. The van der Waals surface area contributed by atoms with Crippen molar-refractivity contribution < 1.29 is 4.58 Å². The van der Waals surface area contributed by atoms with Crippen molar-refractivity contribution in [2.45, 2.75) is 41.0 Å². The van der Waals surface area contributed by atoms with Crippen LogP contribution in [0.2, 0.25) is 0 Å². The van der Waals surface area contributed by atoms with Crippen LogP contribution in [-0.2, 0) is 0 Å². The fourth-order valence-electron chi connectivity index (χ4n) is 3.31. The highest BCUT2D eigenvalue weighted by Crippen LogP contribution is 2.07. The van der Waals surface area contributed by atoms with Crippen LogP contribution < -0.4 is 16.1 Å². The SMILES string of the molecule is C=C=c1c(C)c(C)c(=O)n2c1=C(C)C(=NC)C2=[N+](CC)CCC. The molecule has 0 radical (unpaired) electrons. The molecule has 0 bridgehead atoms. The summed E-state index contributed by atoms with van der Waals surface area (Å²) in [5.74, 6) is 0.897. The lowest BCUT2D eigenvalue weighted by atomic mass is 10.1. The van der Waals surface area contributed by atoms with Crippen molar-refractivity contribution in [3.63, 3.8) is 0 Å². The minimum absolute atomic E-state index is 0.0269. The lowest BCUT2D eigenvalue weighted by molar-refractivity contribution is -0.524. The van der Waals surface area contributed by atoms with Gasteiger partial charge in [0.25, 0.3) is 0 Å². The quantitative estimate of drug-likeness (QED) is 0.767. The Bertz CT molecular complexity index is 923. The molecule has 0 fully saturated rings. The standard InChI is InChI=1S/C19H26N3O/c1-8-11-21(10-3)18-16(20-7)14(6)17-15(9-2)12(4)13(5)19(23)22(17)18/h2,8,10-11H2,1,3-7H3/q+1. The van der Waals surface area contributed by atoms with Crippen LogP contribution in [0, 0.1) is 13.8 Å². The molecule has 0 aromatic carbocycles. The van der Waals surface area contributed by atoms with E-state index in [-0.39, 0.29) is 5.56 Å². The van der Waals surface area contributed by atoms with E-state index in [1.807, 2.05) is 25.3 Å². The smallest absolute Gasteiger partial charge is 0.280 e. The van der Waals surface area contributed by atoms with Gasteiger partial charge in [-0.05, 0) is 39.7 Å². The van der Waals surface area contributed by atoms with Gasteiger partial charge in [0.15, 0.2) is 11.1 Å². The Morgan fingerprint density at radius 1 is 1.22 bits per heavy atom. The van der Waals surface area contributed by atoms with Crippen LogP contribution in [0.25, 0.3) is 11.3 Å². The molecule has 23 heavy (non-hydrogen) atoms. The van der Waals surface area contributed by atoms with Crippen molar-refractivity contribution in [1.82, 2.24) is 4.57 Å². The molecule has 0 saturated carbocycles. The summed E-state index contributed by atoms with van der Waals surface area (Å²) < 4.78 is 4.04. The van der Waals surface area contributed by atoms with E-state index in [1.165, 1.54) is 0 Å². The van der Waals surface area contributed by atoms with Crippen molar-refractivity contribution in [3.05, 3.63) is 38.6 Å². The minimum Gasteiger partial charge on any atom is -0.280 e. The van der Waals surface area contributed by atoms with Gasteiger partial charge >= 0.3 is 11.4 Å². The van der Waals surface area contributed by atoms with Crippen LogP contribution >= 0.6 is 0 Å². The van der Waals surface area contributed by atoms with Crippen molar-refractivity contribution in [1.29, 1.82) is 0 Å². The number of hydrogen-bond donors (Lipinski definition) is 0. The van der Waals surface area contributed by atoms with E-state index in [0.717, 1.165) is 58.3 Å². The van der Waals surface area contributed by atoms with Gasteiger partial charge in [-0.2, -0.15) is 4.57 Å². The average Bonchev–Trinajstić information content (AvgIpc) is 2.84. The Morgan fingerprint density at radius 2 is 1.87 bits per heavy atom. The zero-order valence-electron chi connectivity index (χ0n) is 15.1. The van der Waals surface area contributed by atoms with E-state index in [2.05, 4.69) is 35.7 Å². The maximum Gasteiger partial charge on any atom is 0.342 e. The molecule has 1 aromatic rings. The Labute approximate surface area is 137 Å². The molecule has 2 heterocycles. The molecule has 4 heteroatoms. The van der Waals surface area contributed by atoms with Gasteiger partial charge in [0.2, 0.25) is 0 Å². The van der Waals surface area contributed by atoms with E-state index in [4.69, 9.17) is 0 Å². The van der Waals surface area contributed by atoms with Crippen molar-refractivity contribution in [2.75, 3.05) is 20.1 Å². The summed E-state index contributed by atoms with van der Waals surface area (Å²) in [6.07, 6.45) is 1.02. The van der Waals surface area contributed by atoms with E-state index in [9.17, 15) is 4.79 Å². The first-order valence-corrected chi connectivity index (χ1v) is 8.17. The predicted octanol–water partition coefficient (Wildman–Crippen LogP) is 0.975. The van der Waals surface area contributed by atoms with Crippen LogP contribution in [0.5, 0.6) is 0 Å². The highest BCUT2D eigenvalue weighted by Gasteiger charge is 2.35. The van der Waals surface area contributed by atoms with E-state index < -0.39 is 0 Å². The summed E-state index contributed by atoms with van der Waals surface area (Å²) in [4.78, 5) is 17.5. The fraction of sp³-hybridized carbons (Fsp3) is 0.474. The van der Waals surface area contributed by atoms with Gasteiger partial charge in [0.05, 0.1) is 18.3 Å². The molecule has 0 saturated heterocycles. The van der Waals surface area contributed by atoms with Gasteiger partial charge < -0.3 is 0 Å². The number of aromatic nitrogens is 1. The Balaban J connectivity index is 3.17. The molecule has 4 nitrogen and oxygen atoms in total.